The van der Waals surface area contributed by atoms with Crippen molar-refractivity contribution < 1.29 is 23.9 Å². The molecule has 0 aliphatic rings. The summed E-state index contributed by atoms with van der Waals surface area (Å²) in [5.41, 5.74) is 0. The molecule has 1 N–H and O–H groups in total. The van der Waals surface area contributed by atoms with E-state index in [1.54, 1.807) is 6.92 Å². The summed E-state index contributed by atoms with van der Waals surface area (Å²) in [5.74, 6) is -0.751. The first kappa shape index (κ1) is 49.3. The van der Waals surface area contributed by atoms with Crippen molar-refractivity contribution in [2.24, 2.45) is 0 Å². The van der Waals surface area contributed by atoms with Crippen LogP contribution < -0.4 is 5.32 Å². The van der Waals surface area contributed by atoms with Gasteiger partial charge in [-0.1, -0.05) is 207 Å². The van der Waals surface area contributed by atoms with Crippen molar-refractivity contribution in [1.82, 2.24) is 5.32 Å². The van der Waals surface area contributed by atoms with Crippen molar-refractivity contribution in [2.45, 2.75) is 232 Å². The van der Waals surface area contributed by atoms with E-state index in [9.17, 15) is 14.4 Å². The number of unbranched alkanes of at least 4 members (excludes halogenated alkanes) is 29. The highest BCUT2D eigenvalue weighted by atomic mass is 16.5. The van der Waals surface area contributed by atoms with Gasteiger partial charge in [-0.25, -0.2) is 9.59 Å². The molecule has 0 rings (SSSR count). The standard InChI is InChI=1S/C22H43NO3.C21H40O2/c1-4-5-6-7-8-9-10-11-12-13-14-15-16-17-18-19-21(24)23-20(2)22(25)26-3;1-3-5-6-7-8-9-10-11-12-13-14-15-16-17-18-19-20-23-21(22)4-2/h20H,4-19H2,1-3H3,(H,23,24);4H,2-3,5-20H2,1H3. The van der Waals surface area contributed by atoms with E-state index in [0.717, 1.165) is 19.3 Å². The molecule has 0 aromatic rings. The molecule has 6 nitrogen and oxygen atoms in total. The third kappa shape index (κ3) is 42.2. The number of esters is 2. The highest BCUT2D eigenvalue weighted by molar-refractivity contribution is 5.84. The monoisotopic (exact) mass is 694 g/mol. The molecule has 0 fully saturated rings. The SMILES string of the molecule is C=CC(=O)OCCCCCCCCCCCCCCCCCC.CCCCCCCCCCCCCCCCCC(=O)NC(C)C(=O)OC. The Morgan fingerprint density at radius 1 is 0.531 bits per heavy atom. The van der Waals surface area contributed by atoms with Crippen LogP contribution in [-0.2, 0) is 23.9 Å². The summed E-state index contributed by atoms with van der Waals surface area (Å²) < 4.78 is 9.54. The van der Waals surface area contributed by atoms with Gasteiger partial charge in [-0.2, -0.15) is 0 Å². The molecule has 0 heterocycles. The van der Waals surface area contributed by atoms with Crippen molar-refractivity contribution >= 4 is 17.8 Å². The molecule has 6 heteroatoms. The predicted molar refractivity (Wildman–Crippen MR) is 210 cm³/mol. The molecule has 0 saturated carbocycles. The number of rotatable bonds is 36. The Kier molecular flexibility index (Phi) is 42.5. The van der Waals surface area contributed by atoms with Gasteiger partial charge in [0.25, 0.3) is 0 Å². The fourth-order valence-electron chi connectivity index (χ4n) is 6.09. The predicted octanol–water partition coefficient (Wildman–Crippen LogP) is 12.9. The Bertz CT molecular complexity index is 725. The van der Waals surface area contributed by atoms with Crippen molar-refractivity contribution in [3.05, 3.63) is 12.7 Å². The summed E-state index contributed by atoms with van der Waals surface area (Å²) in [6, 6.07) is -0.552. The number of nitrogens with one attached hydrogen (secondary N) is 1. The van der Waals surface area contributed by atoms with Crippen molar-refractivity contribution in [3.63, 3.8) is 0 Å². The van der Waals surface area contributed by atoms with E-state index < -0.39 is 12.0 Å². The maximum absolute atomic E-state index is 11.7. The third-order valence-corrected chi connectivity index (χ3v) is 9.35. The van der Waals surface area contributed by atoms with Gasteiger partial charge in [-0.3, -0.25) is 4.79 Å². The molecule has 1 unspecified atom stereocenters. The van der Waals surface area contributed by atoms with Crippen LogP contribution in [0.5, 0.6) is 0 Å². The minimum absolute atomic E-state index is 0.0578. The number of carbonyl (C=O) groups excluding carboxylic acids is 3. The smallest absolute Gasteiger partial charge is 0.330 e. The minimum atomic E-state index is -0.552. The Balaban J connectivity index is 0. The van der Waals surface area contributed by atoms with Gasteiger partial charge in [0.2, 0.25) is 5.91 Å². The summed E-state index contributed by atoms with van der Waals surface area (Å²) in [4.78, 5) is 33.7. The molecule has 290 valence electrons. The van der Waals surface area contributed by atoms with Crippen LogP contribution in [0.25, 0.3) is 0 Å². The minimum Gasteiger partial charge on any atom is -0.467 e. The van der Waals surface area contributed by atoms with E-state index in [2.05, 4.69) is 30.5 Å². The van der Waals surface area contributed by atoms with Gasteiger partial charge in [0, 0.05) is 12.5 Å². The van der Waals surface area contributed by atoms with Gasteiger partial charge in [0.05, 0.1) is 13.7 Å². The fraction of sp³-hybridized carbons (Fsp3) is 0.884. The first-order chi connectivity index (χ1) is 23.9. The highest BCUT2D eigenvalue weighted by Gasteiger charge is 2.15. The fourth-order valence-corrected chi connectivity index (χ4v) is 6.09. The van der Waals surface area contributed by atoms with Gasteiger partial charge >= 0.3 is 11.9 Å². The van der Waals surface area contributed by atoms with Crippen molar-refractivity contribution in [2.75, 3.05) is 13.7 Å². The molecule has 0 bridgehead atoms. The molecule has 1 atom stereocenters. The van der Waals surface area contributed by atoms with E-state index in [1.165, 1.54) is 193 Å². The Labute approximate surface area is 305 Å². The summed E-state index contributed by atoms with van der Waals surface area (Å²) in [6.45, 7) is 10.1. The average molecular weight is 694 g/mol. The molecule has 0 spiro atoms. The zero-order valence-corrected chi connectivity index (χ0v) is 33.2. The Morgan fingerprint density at radius 3 is 1.14 bits per heavy atom. The van der Waals surface area contributed by atoms with E-state index in [4.69, 9.17) is 4.74 Å². The van der Waals surface area contributed by atoms with E-state index in [0.29, 0.717) is 13.0 Å². The van der Waals surface area contributed by atoms with Gasteiger partial charge in [0.1, 0.15) is 6.04 Å². The average Bonchev–Trinajstić information content (AvgIpc) is 3.10. The van der Waals surface area contributed by atoms with Crippen LogP contribution in [0.1, 0.15) is 226 Å². The van der Waals surface area contributed by atoms with Gasteiger partial charge in [-0.15, -0.1) is 0 Å². The first-order valence-corrected chi connectivity index (χ1v) is 21.1. The Hall–Kier alpha value is -1.85. The van der Waals surface area contributed by atoms with Crippen LogP contribution in [0.2, 0.25) is 0 Å². The Morgan fingerprint density at radius 2 is 0.837 bits per heavy atom. The molecular weight excluding hydrogens is 610 g/mol. The van der Waals surface area contributed by atoms with Crippen molar-refractivity contribution in [1.29, 1.82) is 0 Å². The number of carbonyl (C=O) groups is 3. The van der Waals surface area contributed by atoms with Gasteiger partial charge in [0.15, 0.2) is 0 Å². The van der Waals surface area contributed by atoms with Crippen LogP contribution in [0.4, 0.5) is 0 Å². The normalized spacial score (nSPS) is 11.3. The largest absolute Gasteiger partial charge is 0.467 e. The first-order valence-electron chi connectivity index (χ1n) is 21.1. The second kappa shape index (κ2) is 42.3. The molecule has 0 aromatic carbocycles. The maximum Gasteiger partial charge on any atom is 0.330 e. The molecule has 1 amide bonds. The van der Waals surface area contributed by atoms with E-state index >= 15 is 0 Å². The quantitative estimate of drug-likeness (QED) is 0.0401. The van der Waals surface area contributed by atoms with E-state index in [1.807, 2.05) is 0 Å². The van der Waals surface area contributed by atoms with Crippen LogP contribution in [-0.4, -0.2) is 37.6 Å². The van der Waals surface area contributed by atoms with E-state index in [-0.39, 0.29) is 11.9 Å². The van der Waals surface area contributed by atoms with Crippen LogP contribution in [0, 0.1) is 0 Å². The summed E-state index contributed by atoms with van der Waals surface area (Å²) >= 11 is 0. The summed E-state index contributed by atoms with van der Waals surface area (Å²) in [5, 5.41) is 2.67. The van der Waals surface area contributed by atoms with Crippen LogP contribution >= 0.6 is 0 Å². The second-order valence-electron chi connectivity index (χ2n) is 14.2. The van der Waals surface area contributed by atoms with Gasteiger partial charge in [-0.05, 0) is 19.8 Å². The molecule has 0 aromatic heterocycles. The highest BCUT2D eigenvalue weighted by Crippen LogP contribution is 2.15. The number of ether oxygens (including phenoxy) is 2. The lowest BCUT2D eigenvalue weighted by Crippen LogP contribution is -2.38. The molecule has 49 heavy (non-hydrogen) atoms. The van der Waals surface area contributed by atoms with Crippen LogP contribution in [0.15, 0.2) is 12.7 Å². The zero-order valence-electron chi connectivity index (χ0n) is 33.2. The lowest BCUT2D eigenvalue weighted by atomic mass is 10.0. The lowest BCUT2D eigenvalue weighted by Gasteiger charge is -2.11. The second-order valence-corrected chi connectivity index (χ2v) is 14.2. The molecule has 0 aliphatic heterocycles. The maximum atomic E-state index is 11.7. The number of hydrogen-bond acceptors (Lipinski definition) is 5. The number of amides is 1. The molecular formula is C43H83NO5. The van der Waals surface area contributed by atoms with Gasteiger partial charge < -0.3 is 14.8 Å². The lowest BCUT2D eigenvalue weighted by molar-refractivity contribution is -0.144. The summed E-state index contributed by atoms with van der Waals surface area (Å²) in [7, 11) is 1.33. The zero-order chi connectivity index (χ0) is 36.5. The van der Waals surface area contributed by atoms with Crippen molar-refractivity contribution in [3.8, 4) is 0 Å². The molecule has 0 aliphatic carbocycles. The number of hydrogen-bond donors (Lipinski definition) is 1. The number of methoxy groups -OCH3 is 1. The topological polar surface area (TPSA) is 81.7 Å². The molecule has 0 radical (unpaired) electrons. The summed E-state index contributed by atoms with van der Waals surface area (Å²) in [6.07, 6.45) is 43.2. The molecule has 0 saturated heterocycles. The van der Waals surface area contributed by atoms with Crippen LogP contribution in [0.3, 0.4) is 0 Å². The third-order valence-electron chi connectivity index (χ3n) is 9.35.